The molecule has 0 radical (unpaired) electrons. The molecule has 2 N–H and O–H groups in total. The first-order chi connectivity index (χ1) is 8.88. The van der Waals surface area contributed by atoms with E-state index in [1.165, 1.54) is 25.9 Å². The second kappa shape index (κ2) is 9.62. The van der Waals surface area contributed by atoms with E-state index in [0.717, 1.165) is 11.8 Å². The zero-order chi connectivity index (χ0) is 14.8. The first kappa shape index (κ1) is 17.7. The Kier molecular flexibility index (Phi) is 8.98. The highest BCUT2D eigenvalue weighted by molar-refractivity contribution is 8.13. The van der Waals surface area contributed by atoms with Crippen LogP contribution in [0.25, 0.3) is 0 Å². The summed E-state index contributed by atoms with van der Waals surface area (Å²) in [5.41, 5.74) is 0. The summed E-state index contributed by atoms with van der Waals surface area (Å²) < 4.78 is 4.89. The summed E-state index contributed by atoms with van der Waals surface area (Å²) in [6, 6.07) is -1.44. The first-order valence-electron chi connectivity index (χ1n) is 5.79. The molecule has 0 saturated carbocycles. The minimum absolute atomic E-state index is 0.0222. The van der Waals surface area contributed by atoms with Gasteiger partial charge in [0.1, 0.15) is 6.04 Å². The summed E-state index contributed by atoms with van der Waals surface area (Å²) in [6.45, 7) is 3.88. The number of thioether (sulfide) groups is 1. The number of hydrogen-bond donors (Lipinski definition) is 2. The predicted octanol–water partition coefficient (Wildman–Crippen LogP) is 0.397. The average Bonchev–Trinajstić information content (AvgIpc) is 2.32. The van der Waals surface area contributed by atoms with Gasteiger partial charge in [0.15, 0.2) is 5.12 Å². The maximum absolute atomic E-state index is 11.8. The highest BCUT2D eigenvalue weighted by atomic mass is 32.2. The van der Waals surface area contributed by atoms with E-state index in [1.807, 2.05) is 0 Å². The van der Waals surface area contributed by atoms with Crippen molar-refractivity contribution in [3.05, 3.63) is 0 Å². The summed E-state index contributed by atoms with van der Waals surface area (Å²) in [5.74, 6) is -0.633. The van der Waals surface area contributed by atoms with Gasteiger partial charge in [-0.1, -0.05) is 11.8 Å². The van der Waals surface area contributed by atoms with Crippen molar-refractivity contribution in [1.82, 2.24) is 10.2 Å². The molecule has 2 amide bonds. The molecule has 0 aliphatic carbocycles. The molecule has 7 nitrogen and oxygen atoms in total. The Bertz CT molecular complexity index is 324. The van der Waals surface area contributed by atoms with E-state index >= 15 is 0 Å². The quantitative estimate of drug-likeness (QED) is 0.672. The van der Waals surface area contributed by atoms with E-state index in [1.54, 1.807) is 0 Å². The van der Waals surface area contributed by atoms with Crippen molar-refractivity contribution in [1.29, 1.82) is 0 Å². The molecular weight excluding hydrogens is 272 g/mol. The maximum atomic E-state index is 11.8. The molecule has 0 aromatic rings. The molecule has 1 unspecified atom stereocenters. The lowest BCUT2D eigenvalue weighted by Gasteiger charge is -2.23. The van der Waals surface area contributed by atoms with Crippen LogP contribution in [0.2, 0.25) is 0 Å². The Morgan fingerprint density at radius 1 is 1.37 bits per heavy atom. The number of carbonyl (C=O) groups excluding carboxylic acids is 2. The van der Waals surface area contributed by atoms with Crippen molar-refractivity contribution in [2.75, 3.05) is 32.6 Å². The summed E-state index contributed by atoms with van der Waals surface area (Å²) >= 11 is 1.12. The molecule has 0 heterocycles. The number of nitrogens with one attached hydrogen (secondary N) is 1. The monoisotopic (exact) mass is 292 g/mol. The molecule has 0 rings (SSSR count). The predicted molar refractivity (Wildman–Crippen MR) is 72.2 cm³/mol. The summed E-state index contributed by atoms with van der Waals surface area (Å²) in [6.07, 6.45) is 0. The van der Waals surface area contributed by atoms with Gasteiger partial charge >= 0.3 is 12.0 Å². The third kappa shape index (κ3) is 8.44. The molecular formula is C11H20N2O5S. The zero-order valence-corrected chi connectivity index (χ0v) is 12.2. The number of rotatable bonds is 8. The minimum Gasteiger partial charge on any atom is -0.480 e. The third-order valence-corrected chi connectivity index (χ3v) is 3.02. The standard InChI is InChI=1S/C11H20N2O5S/c1-8(10(15)16)12-11(17)13(4-6-18-3)5-7-19-9(2)14/h8H,4-7H2,1-3H3,(H,12,17)(H,15,16). The lowest BCUT2D eigenvalue weighted by molar-refractivity contribution is -0.138. The van der Waals surface area contributed by atoms with Crippen molar-refractivity contribution >= 4 is 28.9 Å². The maximum Gasteiger partial charge on any atom is 0.325 e. The van der Waals surface area contributed by atoms with Crippen LogP contribution in [0.4, 0.5) is 4.79 Å². The average molecular weight is 292 g/mol. The zero-order valence-electron chi connectivity index (χ0n) is 11.3. The molecule has 0 aromatic heterocycles. The number of hydrogen-bond acceptors (Lipinski definition) is 5. The van der Waals surface area contributed by atoms with Crippen LogP contribution >= 0.6 is 11.8 Å². The van der Waals surface area contributed by atoms with Crippen molar-refractivity contribution < 1.29 is 24.2 Å². The lowest BCUT2D eigenvalue weighted by Crippen LogP contribution is -2.48. The minimum atomic E-state index is -1.10. The van der Waals surface area contributed by atoms with Gasteiger partial charge in [0.05, 0.1) is 6.61 Å². The fourth-order valence-corrected chi connectivity index (χ4v) is 1.75. The molecule has 0 bridgehead atoms. The molecule has 0 saturated heterocycles. The van der Waals surface area contributed by atoms with Gasteiger partial charge in [-0.3, -0.25) is 9.59 Å². The van der Waals surface area contributed by atoms with Gasteiger partial charge in [0.25, 0.3) is 0 Å². The summed E-state index contributed by atoms with van der Waals surface area (Å²) in [5, 5.41) is 11.1. The lowest BCUT2D eigenvalue weighted by atomic mass is 10.3. The Morgan fingerprint density at radius 2 is 2.00 bits per heavy atom. The Balaban J connectivity index is 4.33. The third-order valence-electron chi connectivity index (χ3n) is 2.23. The number of carbonyl (C=O) groups is 3. The fourth-order valence-electron chi connectivity index (χ4n) is 1.15. The summed E-state index contributed by atoms with van der Waals surface area (Å²) in [7, 11) is 1.51. The number of carboxylic acid groups (broad SMARTS) is 1. The SMILES string of the molecule is COCCN(CCSC(C)=O)C(=O)NC(C)C(=O)O. The normalized spacial score (nSPS) is 11.7. The van der Waals surface area contributed by atoms with Crippen LogP contribution in [0.5, 0.6) is 0 Å². The summed E-state index contributed by atoms with van der Waals surface area (Å²) in [4.78, 5) is 34.8. The van der Waals surface area contributed by atoms with Gasteiger partial charge in [-0.25, -0.2) is 4.79 Å². The second-order valence-electron chi connectivity index (χ2n) is 3.83. The van der Waals surface area contributed by atoms with E-state index in [-0.39, 0.29) is 5.12 Å². The number of urea groups is 1. The molecule has 19 heavy (non-hydrogen) atoms. The van der Waals surface area contributed by atoms with E-state index in [2.05, 4.69) is 5.32 Å². The highest BCUT2D eigenvalue weighted by Crippen LogP contribution is 2.03. The molecule has 0 spiro atoms. The molecule has 8 heteroatoms. The Morgan fingerprint density at radius 3 is 2.47 bits per heavy atom. The van der Waals surface area contributed by atoms with E-state index < -0.39 is 18.0 Å². The molecule has 0 aliphatic heterocycles. The van der Waals surface area contributed by atoms with Crippen molar-refractivity contribution in [2.45, 2.75) is 19.9 Å². The van der Waals surface area contributed by atoms with Crippen LogP contribution in [0.15, 0.2) is 0 Å². The molecule has 110 valence electrons. The van der Waals surface area contributed by atoms with Crippen LogP contribution in [0.1, 0.15) is 13.8 Å². The van der Waals surface area contributed by atoms with Crippen molar-refractivity contribution in [3.63, 3.8) is 0 Å². The topological polar surface area (TPSA) is 95.9 Å². The number of aliphatic carboxylic acids is 1. The molecule has 1 atom stereocenters. The Hall–Kier alpha value is -1.28. The van der Waals surface area contributed by atoms with Crippen LogP contribution in [-0.2, 0) is 14.3 Å². The second-order valence-corrected chi connectivity index (χ2v) is 5.10. The highest BCUT2D eigenvalue weighted by Gasteiger charge is 2.19. The molecule has 0 fully saturated rings. The van der Waals surface area contributed by atoms with Gasteiger partial charge in [-0.05, 0) is 6.92 Å². The smallest absolute Gasteiger partial charge is 0.325 e. The van der Waals surface area contributed by atoms with Gasteiger partial charge in [0, 0.05) is 32.9 Å². The first-order valence-corrected chi connectivity index (χ1v) is 6.77. The number of carboxylic acids is 1. The van der Waals surface area contributed by atoms with E-state index in [0.29, 0.717) is 25.4 Å². The van der Waals surface area contributed by atoms with Crippen LogP contribution in [-0.4, -0.2) is 65.7 Å². The number of nitrogens with zero attached hydrogens (tertiary/aromatic N) is 1. The van der Waals surface area contributed by atoms with E-state index in [4.69, 9.17) is 9.84 Å². The van der Waals surface area contributed by atoms with Crippen LogP contribution < -0.4 is 5.32 Å². The number of methoxy groups -OCH3 is 1. The van der Waals surface area contributed by atoms with Gasteiger partial charge in [0.2, 0.25) is 0 Å². The van der Waals surface area contributed by atoms with Crippen LogP contribution in [0.3, 0.4) is 0 Å². The Labute approximate surface area is 116 Å². The molecule has 0 aliphatic rings. The largest absolute Gasteiger partial charge is 0.480 e. The fraction of sp³-hybridized carbons (Fsp3) is 0.727. The van der Waals surface area contributed by atoms with Gasteiger partial charge in [-0.15, -0.1) is 0 Å². The number of amides is 2. The van der Waals surface area contributed by atoms with Gasteiger partial charge < -0.3 is 20.1 Å². The van der Waals surface area contributed by atoms with Gasteiger partial charge in [-0.2, -0.15) is 0 Å². The molecule has 0 aromatic carbocycles. The van der Waals surface area contributed by atoms with Crippen LogP contribution in [0, 0.1) is 0 Å². The van der Waals surface area contributed by atoms with Crippen molar-refractivity contribution in [3.8, 4) is 0 Å². The number of ether oxygens (including phenoxy) is 1. The van der Waals surface area contributed by atoms with Crippen molar-refractivity contribution in [2.24, 2.45) is 0 Å². The van der Waals surface area contributed by atoms with E-state index in [9.17, 15) is 14.4 Å².